The number of aromatic nitrogens is 2. The maximum atomic E-state index is 13.8. The molecule has 1 saturated carbocycles. The monoisotopic (exact) mass is 515 g/mol. The van der Waals surface area contributed by atoms with Crippen molar-refractivity contribution < 1.29 is 32.2 Å². The van der Waals surface area contributed by atoms with E-state index in [0.29, 0.717) is 59.0 Å². The second kappa shape index (κ2) is 11.6. The molecule has 2 aliphatic heterocycles. The van der Waals surface area contributed by atoms with Crippen LogP contribution in [0.2, 0.25) is 0 Å². The zero-order valence-corrected chi connectivity index (χ0v) is 20.9. The van der Waals surface area contributed by atoms with Crippen molar-refractivity contribution in [3.63, 3.8) is 0 Å². The molecule has 1 amide bonds. The average molecular weight is 516 g/mol. The molecule has 36 heavy (non-hydrogen) atoms. The molecule has 2 saturated heterocycles. The Balaban J connectivity index is 1.38. The summed E-state index contributed by atoms with van der Waals surface area (Å²) in [4.78, 5) is 25.0. The zero-order chi connectivity index (χ0) is 25.8. The fraction of sp³-hybridized carbons (Fsp3) is 0.792. The van der Waals surface area contributed by atoms with Gasteiger partial charge in [-0.1, -0.05) is 0 Å². The van der Waals surface area contributed by atoms with Gasteiger partial charge >= 0.3 is 6.18 Å². The number of carbonyl (C=O) groups is 1. The van der Waals surface area contributed by atoms with Gasteiger partial charge in [-0.15, -0.1) is 0 Å². The summed E-state index contributed by atoms with van der Waals surface area (Å²) in [6, 6.07) is 1.22. The lowest BCUT2D eigenvalue weighted by Gasteiger charge is -2.40. The minimum atomic E-state index is -4.53. The number of carbonyl (C=O) groups excluding carboxylic acids is 1. The lowest BCUT2D eigenvalue weighted by molar-refractivity contribution is -0.146. The summed E-state index contributed by atoms with van der Waals surface area (Å²) in [6.45, 7) is 5.59. The summed E-state index contributed by atoms with van der Waals surface area (Å²) in [5.41, 5.74) is -1.58. The molecular formula is C24H36F3N5O4. The summed E-state index contributed by atoms with van der Waals surface area (Å²) in [7, 11) is 1.69. The average Bonchev–Trinajstić information content (AvgIpc) is 3.31. The molecule has 3 aliphatic rings. The van der Waals surface area contributed by atoms with Gasteiger partial charge in [0, 0.05) is 64.8 Å². The molecule has 0 bridgehead atoms. The van der Waals surface area contributed by atoms with Gasteiger partial charge in [-0.2, -0.15) is 13.2 Å². The van der Waals surface area contributed by atoms with Crippen LogP contribution < -0.4 is 10.2 Å². The van der Waals surface area contributed by atoms with E-state index in [1.807, 2.05) is 11.8 Å². The lowest BCUT2D eigenvalue weighted by Crippen LogP contribution is -2.55. The zero-order valence-electron chi connectivity index (χ0n) is 20.9. The smallest absolute Gasteiger partial charge is 0.381 e. The summed E-state index contributed by atoms with van der Waals surface area (Å²) in [6.07, 6.45) is -0.286. The molecule has 1 aliphatic carbocycles. The molecule has 0 radical (unpaired) electrons. The minimum absolute atomic E-state index is 0.0116. The largest absolute Gasteiger partial charge is 0.433 e. The molecule has 1 aromatic heterocycles. The Morgan fingerprint density at radius 3 is 2.75 bits per heavy atom. The molecule has 9 nitrogen and oxygen atoms in total. The number of rotatable bonds is 8. The van der Waals surface area contributed by atoms with Gasteiger partial charge in [0.1, 0.15) is 5.69 Å². The molecule has 0 spiro atoms. The first-order valence-electron chi connectivity index (χ1n) is 12.6. The van der Waals surface area contributed by atoms with Crippen LogP contribution in [0.3, 0.4) is 0 Å². The number of hydrogen-bond donors (Lipinski definition) is 1. The van der Waals surface area contributed by atoms with Crippen LogP contribution in [0.4, 0.5) is 19.1 Å². The maximum Gasteiger partial charge on any atom is 0.433 e. The van der Waals surface area contributed by atoms with Gasteiger partial charge in [-0.25, -0.2) is 9.97 Å². The molecule has 202 valence electrons. The van der Waals surface area contributed by atoms with Crippen molar-refractivity contribution in [3.8, 4) is 0 Å². The van der Waals surface area contributed by atoms with Gasteiger partial charge in [-0.3, -0.25) is 4.79 Å². The quantitative estimate of drug-likeness (QED) is 0.563. The minimum Gasteiger partial charge on any atom is -0.381 e. The van der Waals surface area contributed by atoms with Crippen LogP contribution >= 0.6 is 0 Å². The van der Waals surface area contributed by atoms with Gasteiger partial charge in [0.15, 0.2) is 0 Å². The van der Waals surface area contributed by atoms with Crippen molar-refractivity contribution >= 4 is 11.9 Å². The van der Waals surface area contributed by atoms with Crippen LogP contribution in [0.1, 0.15) is 38.3 Å². The predicted molar refractivity (Wildman–Crippen MR) is 126 cm³/mol. The van der Waals surface area contributed by atoms with E-state index in [2.05, 4.69) is 15.3 Å². The van der Waals surface area contributed by atoms with E-state index in [-0.39, 0.29) is 30.0 Å². The number of nitrogens with zero attached hydrogens (tertiary/aromatic N) is 4. The van der Waals surface area contributed by atoms with E-state index in [9.17, 15) is 18.0 Å². The third-order valence-corrected chi connectivity index (χ3v) is 7.48. The number of hydrogen-bond acceptors (Lipinski definition) is 8. The number of anilines is 1. The Kier molecular flexibility index (Phi) is 8.69. The number of alkyl halides is 3. The first kappa shape index (κ1) is 27.0. The van der Waals surface area contributed by atoms with Gasteiger partial charge in [0.25, 0.3) is 0 Å². The standard InChI is InChI=1S/C24H36F3N5O4/c1-3-35-16-23(7-4-17(14-23)29-18-6-13-36-15-19(18)34-2)21(33)31-9-11-32(12-10-31)22-28-8-5-20(30-22)24(25,26)27/h5,8,17-19,29H,3-4,6-7,9-16H2,1-2H3/t17-,18?,19?,23+/m1/s1. The van der Waals surface area contributed by atoms with E-state index in [4.69, 9.17) is 14.2 Å². The Hall–Kier alpha value is -2.02. The normalized spacial score (nSPS) is 29.5. The molecule has 4 atom stereocenters. The highest BCUT2D eigenvalue weighted by atomic mass is 19.4. The molecular weight excluding hydrogens is 479 g/mol. The topological polar surface area (TPSA) is 89.1 Å². The Bertz CT molecular complexity index is 884. The molecule has 1 N–H and O–H groups in total. The van der Waals surface area contributed by atoms with Crippen molar-refractivity contribution in [2.45, 2.75) is 57.0 Å². The van der Waals surface area contributed by atoms with Gasteiger partial charge in [0.05, 0.1) is 24.7 Å². The van der Waals surface area contributed by atoms with Gasteiger partial charge < -0.3 is 29.3 Å². The van der Waals surface area contributed by atoms with E-state index in [1.54, 1.807) is 12.0 Å². The molecule has 0 aromatic carbocycles. The van der Waals surface area contributed by atoms with Crippen molar-refractivity contribution in [1.29, 1.82) is 0 Å². The Labute approximate surface area is 209 Å². The summed E-state index contributed by atoms with van der Waals surface area (Å²) in [5.74, 6) is 0.0929. The number of methoxy groups -OCH3 is 1. The fourth-order valence-electron chi connectivity index (χ4n) is 5.49. The number of amides is 1. The van der Waals surface area contributed by atoms with Crippen molar-refractivity contribution in [1.82, 2.24) is 20.2 Å². The van der Waals surface area contributed by atoms with Crippen LogP contribution in [-0.2, 0) is 25.2 Å². The van der Waals surface area contributed by atoms with Crippen LogP contribution in [0.5, 0.6) is 0 Å². The van der Waals surface area contributed by atoms with Crippen molar-refractivity contribution in [2.24, 2.45) is 5.41 Å². The number of halogens is 3. The Morgan fingerprint density at radius 2 is 2.06 bits per heavy atom. The first-order valence-corrected chi connectivity index (χ1v) is 12.6. The highest BCUT2D eigenvalue weighted by Crippen LogP contribution is 2.41. The summed E-state index contributed by atoms with van der Waals surface area (Å²) in [5, 5.41) is 3.71. The highest BCUT2D eigenvalue weighted by molar-refractivity contribution is 5.83. The highest BCUT2D eigenvalue weighted by Gasteiger charge is 2.48. The molecule has 3 fully saturated rings. The van der Waals surface area contributed by atoms with E-state index >= 15 is 0 Å². The van der Waals surface area contributed by atoms with Crippen LogP contribution in [0.15, 0.2) is 12.3 Å². The molecule has 2 unspecified atom stereocenters. The predicted octanol–water partition coefficient (Wildman–Crippen LogP) is 2.11. The van der Waals surface area contributed by atoms with Crippen molar-refractivity contribution in [2.75, 3.05) is 64.6 Å². The third kappa shape index (κ3) is 6.09. The third-order valence-electron chi connectivity index (χ3n) is 7.48. The number of piperazine rings is 1. The SMILES string of the molecule is CCOC[C@]1(C(=O)N2CCN(c3nccc(C(F)(F)F)n3)CC2)CC[C@@H](NC2CCOCC2OC)C1. The molecule has 12 heteroatoms. The lowest BCUT2D eigenvalue weighted by atomic mass is 9.84. The van der Waals surface area contributed by atoms with E-state index < -0.39 is 17.3 Å². The van der Waals surface area contributed by atoms with Crippen LogP contribution in [-0.4, -0.2) is 98.7 Å². The van der Waals surface area contributed by atoms with E-state index in [0.717, 1.165) is 31.5 Å². The summed E-state index contributed by atoms with van der Waals surface area (Å²) >= 11 is 0. The van der Waals surface area contributed by atoms with Crippen LogP contribution in [0.25, 0.3) is 0 Å². The van der Waals surface area contributed by atoms with E-state index in [1.165, 1.54) is 0 Å². The molecule has 4 rings (SSSR count). The van der Waals surface area contributed by atoms with Crippen LogP contribution in [0, 0.1) is 5.41 Å². The first-order chi connectivity index (χ1) is 17.3. The molecule has 1 aromatic rings. The van der Waals surface area contributed by atoms with Crippen molar-refractivity contribution in [3.05, 3.63) is 18.0 Å². The second-order valence-corrected chi connectivity index (χ2v) is 9.79. The number of ether oxygens (including phenoxy) is 3. The Morgan fingerprint density at radius 1 is 1.28 bits per heavy atom. The molecule has 3 heterocycles. The second-order valence-electron chi connectivity index (χ2n) is 9.79. The van der Waals surface area contributed by atoms with Gasteiger partial charge in [0.2, 0.25) is 11.9 Å². The number of nitrogens with one attached hydrogen (secondary N) is 1. The maximum absolute atomic E-state index is 13.8. The fourth-order valence-corrected chi connectivity index (χ4v) is 5.49. The van der Waals surface area contributed by atoms with Gasteiger partial charge in [-0.05, 0) is 38.7 Å². The summed E-state index contributed by atoms with van der Waals surface area (Å²) < 4.78 is 56.1.